The lowest BCUT2D eigenvalue weighted by atomic mass is 9.85. The van der Waals surface area contributed by atoms with Gasteiger partial charge in [0.15, 0.2) is 0 Å². The van der Waals surface area contributed by atoms with Crippen LogP contribution < -0.4 is 5.32 Å². The molecule has 1 aliphatic carbocycles. The van der Waals surface area contributed by atoms with E-state index >= 15 is 0 Å². The molecular formula is C23H34N2O2. The Bertz CT molecular complexity index is 661. The number of nitrogens with one attached hydrogen (secondary N) is 1. The first-order valence-corrected chi connectivity index (χ1v) is 10.5. The zero-order valence-electron chi connectivity index (χ0n) is 17.1. The van der Waals surface area contributed by atoms with Crippen LogP contribution in [0.15, 0.2) is 24.3 Å². The number of benzene rings is 1. The van der Waals surface area contributed by atoms with Crippen LogP contribution in [0.25, 0.3) is 0 Å². The van der Waals surface area contributed by atoms with Gasteiger partial charge in [0.05, 0.1) is 5.41 Å². The molecule has 148 valence electrons. The predicted octanol–water partition coefficient (Wildman–Crippen LogP) is 3.92. The molecule has 1 aromatic rings. The summed E-state index contributed by atoms with van der Waals surface area (Å²) in [6.45, 7) is 8.78. The van der Waals surface area contributed by atoms with E-state index < -0.39 is 0 Å². The Kier molecular flexibility index (Phi) is 5.92. The van der Waals surface area contributed by atoms with Crippen molar-refractivity contribution in [3.63, 3.8) is 0 Å². The van der Waals surface area contributed by atoms with Crippen LogP contribution in [0.4, 0.5) is 0 Å². The van der Waals surface area contributed by atoms with Gasteiger partial charge in [-0.05, 0) is 42.2 Å². The van der Waals surface area contributed by atoms with Gasteiger partial charge in [0.25, 0.3) is 0 Å². The second kappa shape index (κ2) is 8.04. The Morgan fingerprint density at radius 2 is 1.59 bits per heavy atom. The van der Waals surface area contributed by atoms with Crippen LogP contribution in [-0.4, -0.2) is 36.3 Å². The summed E-state index contributed by atoms with van der Waals surface area (Å²) in [4.78, 5) is 27.1. The van der Waals surface area contributed by atoms with E-state index in [2.05, 4.69) is 50.4 Å². The largest absolute Gasteiger partial charge is 0.355 e. The highest BCUT2D eigenvalue weighted by Gasteiger charge is 2.51. The Labute approximate surface area is 163 Å². The van der Waals surface area contributed by atoms with Crippen molar-refractivity contribution in [1.29, 1.82) is 0 Å². The monoisotopic (exact) mass is 370 g/mol. The third kappa shape index (κ3) is 4.72. The molecule has 1 saturated heterocycles. The molecular weight excluding hydrogens is 336 g/mol. The first-order chi connectivity index (χ1) is 12.8. The van der Waals surface area contributed by atoms with Gasteiger partial charge in [0.2, 0.25) is 11.8 Å². The van der Waals surface area contributed by atoms with Crippen molar-refractivity contribution < 1.29 is 9.59 Å². The Morgan fingerprint density at radius 1 is 1.00 bits per heavy atom. The van der Waals surface area contributed by atoms with Crippen molar-refractivity contribution in [2.75, 3.05) is 19.6 Å². The Hall–Kier alpha value is -1.84. The van der Waals surface area contributed by atoms with Crippen molar-refractivity contribution in [3.8, 4) is 0 Å². The van der Waals surface area contributed by atoms with Gasteiger partial charge in [-0.25, -0.2) is 0 Å². The van der Waals surface area contributed by atoms with Gasteiger partial charge in [0.1, 0.15) is 0 Å². The molecule has 2 amide bonds. The molecule has 0 unspecified atom stereocenters. The maximum atomic E-state index is 12.8. The van der Waals surface area contributed by atoms with E-state index in [9.17, 15) is 9.59 Å². The minimum Gasteiger partial charge on any atom is -0.355 e. The number of carbonyl (C=O) groups excluding carboxylic acids is 2. The van der Waals surface area contributed by atoms with Crippen LogP contribution >= 0.6 is 0 Å². The molecule has 1 aliphatic heterocycles. The summed E-state index contributed by atoms with van der Waals surface area (Å²) < 4.78 is 0. The van der Waals surface area contributed by atoms with Crippen LogP contribution in [0.3, 0.4) is 0 Å². The molecule has 0 radical (unpaired) electrons. The maximum absolute atomic E-state index is 12.8. The van der Waals surface area contributed by atoms with E-state index in [-0.39, 0.29) is 22.6 Å². The number of carbonyl (C=O) groups is 2. The quantitative estimate of drug-likeness (QED) is 0.854. The average Bonchev–Trinajstić information content (AvgIpc) is 3.46. The van der Waals surface area contributed by atoms with Gasteiger partial charge in [-0.3, -0.25) is 9.59 Å². The third-order valence-corrected chi connectivity index (χ3v) is 6.07. The van der Waals surface area contributed by atoms with Crippen LogP contribution in [0.1, 0.15) is 76.8 Å². The van der Waals surface area contributed by atoms with Gasteiger partial charge < -0.3 is 10.2 Å². The van der Waals surface area contributed by atoms with E-state index in [0.29, 0.717) is 13.0 Å². The number of amides is 2. The number of hydrogen-bond acceptors (Lipinski definition) is 2. The topological polar surface area (TPSA) is 49.4 Å². The van der Waals surface area contributed by atoms with Crippen molar-refractivity contribution in [2.24, 2.45) is 0 Å². The average molecular weight is 371 g/mol. The molecule has 0 bridgehead atoms. The summed E-state index contributed by atoms with van der Waals surface area (Å²) in [7, 11) is 0. The lowest BCUT2D eigenvalue weighted by Crippen LogP contribution is -2.38. The van der Waals surface area contributed by atoms with Gasteiger partial charge in [-0.1, -0.05) is 57.9 Å². The molecule has 0 aromatic heterocycles. The number of rotatable bonds is 5. The summed E-state index contributed by atoms with van der Waals surface area (Å²) in [5.41, 5.74) is 2.13. The van der Waals surface area contributed by atoms with Gasteiger partial charge >= 0.3 is 0 Å². The van der Waals surface area contributed by atoms with Crippen LogP contribution in [0, 0.1) is 0 Å². The minimum atomic E-state index is -0.373. The molecule has 0 atom stereocenters. The van der Waals surface area contributed by atoms with E-state index in [4.69, 9.17) is 0 Å². The maximum Gasteiger partial charge on any atom is 0.230 e. The van der Waals surface area contributed by atoms with Crippen molar-refractivity contribution in [3.05, 3.63) is 35.4 Å². The fraction of sp³-hybridized carbons (Fsp3) is 0.652. The van der Waals surface area contributed by atoms with Gasteiger partial charge in [-0.2, -0.15) is 0 Å². The molecule has 2 aliphatic rings. The van der Waals surface area contributed by atoms with E-state index in [1.807, 2.05) is 4.90 Å². The zero-order valence-corrected chi connectivity index (χ0v) is 17.1. The minimum absolute atomic E-state index is 0.0784. The highest BCUT2D eigenvalue weighted by atomic mass is 16.2. The second-order valence-corrected chi connectivity index (χ2v) is 9.21. The van der Waals surface area contributed by atoms with E-state index in [1.54, 1.807) is 0 Å². The summed E-state index contributed by atoms with van der Waals surface area (Å²) in [5, 5.41) is 3.03. The van der Waals surface area contributed by atoms with Crippen molar-refractivity contribution in [1.82, 2.24) is 10.2 Å². The number of nitrogens with zero attached hydrogens (tertiary/aromatic N) is 1. The molecule has 27 heavy (non-hydrogen) atoms. The van der Waals surface area contributed by atoms with E-state index in [1.165, 1.54) is 18.4 Å². The molecule has 4 heteroatoms. The summed E-state index contributed by atoms with van der Waals surface area (Å²) in [6.07, 6.45) is 6.85. The van der Waals surface area contributed by atoms with Crippen LogP contribution in [0.5, 0.6) is 0 Å². The molecule has 1 N–H and O–H groups in total. The third-order valence-electron chi connectivity index (χ3n) is 6.07. The van der Waals surface area contributed by atoms with Crippen LogP contribution in [0.2, 0.25) is 0 Å². The molecule has 0 spiro atoms. The highest BCUT2D eigenvalue weighted by molar-refractivity contribution is 5.91. The molecule has 3 rings (SSSR count). The van der Waals surface area contributed by atoms with Gasteiger partial charge in [0, 0.05) is 26.1 Å². The van der Waals surface area contributed by atoms with Crippen LogP contribution in [-0.2, 0) is 20.4 Å². The Balaban J connectivity index is 1.52. The zero-order chi connectivity index (χ0) is 19.5. The van der Waals surface area contributed by atoms with Crippen molar-refractivity contribution >= 4 is 11.8 Å². The van der Waals surface area contributed by atoms with Gasteiger partial charge in [-0.15, -0.1) is 0 Å². The predicted molar refractivity (Wildman–Crippen MR) is 109 cm³/mol. The fourth-order valence-corrected chi connectivity index (χ4v) is 3.99. The lowest BCUT2D eigenvalue weighted by Gasteiger charge is -2.22. The summed E-state index contributed by atoms with van der Waals surface area (Å²) in [5.74, 6) is 0.256. The SMILES string of the molecule is CC(C)(C)c1ccc(C2(C(=O)NCCC(=O)N3CCCCCC3)CC2)cc1. The number of hydrogen-bond donors (Lipinski definition) is 1. The summed E-state index contributed by atoms with van der Waals surface area (Å²) in [6, 6.07) is 8.50. The standard InChI is InChI=1S/C23H34N2O2/c1-22(2,3)18-8-10-19(11-9-18)23(13-14-23)21(27)24-15-12-20(26)25-16-6-4-5-7-17-25/h8-11H,4-7,12-17H2,1-3H3,(H,24,27). The molecule has 1 saturated carbocycles. The van der Waals surface area contributed by atoms with Crippen molar-refractivity contribution in [2.45, 2.75) is 76.5 Å². The van der Waals surface area contributed by atoms with E-state index in [0.717, 1.165) is 44.3 Å². The highest BCUT2D eigenvalue weighted by Crippen LogP contribution is 2.48. The smallest absolute Gasteiger partial charge is 0.230 e. The lowest BCUT2D eigenvalue weighted by molar-refractivity contribution is -0.131. The Morgan fingerprint density at radius 3 is 2.11 bits per heavy atom. The molecule has 1 heterocycles. The fourth-order valence-electron chi connectivity index (χ4n) is 3.99. The first kappa shape index (κ1) is 19.9. The summed E-state index contributed by atoms with van der Waals surface area (Å²) >= 11 is 0. The number of likely N-dealkylation sites (tertiary alicyclic amines) is 1. The normalized spacial score (nSPS) is 19.3. The first-order valence-electron chi connectivity index (χ1n) is 10.5. The molecule has 1 aromatic carbocycles. The molecule has 4 nitrogen and oxygen atoms in total. The molecule has 2 fully saturated rings. The second-order valence-electron chi connectivity index (χ2n) is 9.21.